The Morgan fingerprint density at radius 1 is 1.22 bits per heavy atom. The number of piperidine rings is 1. The van der Waals surface area contributed by atoms with Crippen LogP contribution in [-0.2, 0) is 11.2 Å². The van der Waals surface area contributed by atoms with Gasteiger partial charge in [0.25, 0.3) is 0 Å². The molecule has 6 heteroatoms. The lowest BCUT2D eigenvalue weighted by atomic mass is 10.0. The van der Waals surface area contributed by atoms with E-state index in [1.54, 1.807) is 26.0 Å². The molecule has 144 valence electrons. The van der Waals surface area contributed by atoms with Gasteiger partial charge in [0, 0.05) is 38.4 Å². The summed E-state index contributed by atoms with van der Waals surface area (Å²) in [4.78, 5) is 25.6. The molecule has 1 fully saturated rings. The lowest BCUT2D eigenvalue weighted by Gasteiger charge is -2.32. The SMILES string of the molecule is Cc1cc(OC2CCN(C(=O)CCc3ccc(C)c(F)c3)CC2)cc(=O)o1. The Hall–Kier alpha value is -2.63. The Labute approximate surface area is 157 Å². The van der Waals surface area contributed by atoms with Gasteiger partial charge in [-0.2, -0.15) is 0 Å². The molecule has 0 spiro atoms. The van der Waals surface area contributed by atoms with E-state index in [-0.39, 0.29) is 17.8 Å². The Morgan fingerprint density at radius 2 is 1.96 bits per heavy atom. The highest BCUT2D eigenvalue weighted by atomic mass is 19.1. The maximum atomic E-state index is 13.6. The monoisotopic (exact) mass is 373 g/mol. The average Bonchev–Trinajstić information content (AvgIpc) is 2.62. The third-order valence-corrected chi connectivity index (χ3v) is 4.83. The van der Waals surface area contributed by atoms with Crippen LogP contribution in [0.25, 0.3) is 0 Å². The molecule has 0 N–H and O–H groups in total. The van der Waals surface area contributed by atoms with Crippen molar-refractivity contribution in [2.24, 2.45) is 0 Å². The summed E-state index contributed by atoms with van der Waals surface area (Å²) in [5.74, 6) is 0.862. The van der Waals surface area contributed by atoms with Crippen LogP contribution in [0.2, 0.25) is 0 Å². The third-order valence-electron chi connectivity index (χ3n) is 4.83. The molecule has 0 saturated carbocycles. The number of nitrogens with zero attached hydrogens (tertiary/aromatic N) is 1. The molecule has 0 aliphatic carbocycles. The minimum atomic E-state index is -0.426. The van der Waals surface area contributed by atoms with Crippen molar-refractivity contribution >= 4 is 5.91 Å². The molecular formula is C21H24FNO4. The van der Waals surface area contributed by atoms with E-state index in [9.17, 15) is 14.0 Å². The molecule has 0 unspecified atom stereocenters. The van der Waals surface area contributed by atoms with Gasteiger partial charge >= 0.3 is 5.63 Å². The lowest BCUT2D eigenvalue weighted by Crippen LogP contribution is -2.41. The highest BCUT2D eigenvalue weighted by molar-refractivity contribution is 5.76. The third kappa shape index (κ3) is 5.18. The highest BCUT2D eigenvalue weighted by Crippen LogP contribution is 2.20. The molecule has 0 bridgehead atoms. The maximum absolute atomic E-state index is 13.6. The predicted molar refractivity (Wildman–Crippen MR) is 99.4 cm³/mol. The second-order valence-corrected chi connectivity index (χ2v) is 7.00. The summed E-state index contributed by atoms with van der Waals surface area (Å²) in [5.41, 5.74) is 1.02. The maximum Gasteiger partial charge on any atom is 0.339 e. The van der Waals surface area contributed by atoms with Gasteiger partial charge in [0.15, 0.2) is 0 Å². The molecule has 5 nitrogen and oxygen atoms in total. The number of likely N-dealkylation sites (tertiary alicyclic amines) is 1. The summed E-state index contributed by atoms with van der Waals surface area (Å²) < 4.78 is 24.4. The number of halogens is 1. The normalized spacial score (nSPS) is 15.0. The number of carbonyl (C=O) groups is 1. The minimum Gasteiger partial charge on any atom is -0.490 e. The van der Waals surface area contributed by atoms with Crippen molar-refractivity contribution in [3.63, 3.8) is 0 Å². The van der Waals surface area contributed by atoms with Crippen LogP contribution >= 0.6 is 0 Å². The zero-order valence-corrected chi connectivity index (χ0v) is 15.7. The van der Waals surface area contributed by atoms with Crippen LogP contribution in [0.3, 0.4) is 0 Å². The number of aryl methyl sites for hydroxylation is 3. The van der Waals surface area contributed by atoms with E-state index in [0.29, 0.717) is 55.8 Å². The van der Waals surface area contributed by atoms with Gasteiger partial charge in [0.1, 0.15) is 23.4 Å². The van der Waals surface area contributed by atoms with Gasteiger partial charge in [-0.25, -0.2) is 9.18 Å². The van der Waals surface area contributed by atoms with Gasteiger partial charge < -0.3 is 14.1 Å². The van der Waals surface area contributed by atoms with Crippen molar-refractivity contribution in [2.45, 2.75) is 45.6 Å². The van der Waals surface area contributed by atoms with E-state index in [1.165, 1.54) is 12.1 Å². The number of amides is 1. The van der Waals surface area contributed by atoms with E-state index in [1.807, 2.05) is 11.0 Å². The zero-order chi connectivity index (χ0) is 19.4. The molecule has 0 radical (unpaired) electrons. The van der Waals surface area contributed by atoms with Crippen molar-refractivity contribution in [1.82, 2.24) is 4.90 Å². The first-order valence-corrected chi connectivity index (χ1v) is 9.22. The Balaban J connectivity index is 1.47. The standard InChI is InChI=1S/C21H24FNO4/c1-14-3-4-16(12-19(14)22)5-6-20(24)23-9-7-17(8-10-23)27-18-11-15(2)26-21(25)13-18/h3-4,11-13,17H,5-10H2,1-2H3. The molecular weight excluding hydrogens is 349 g/mol. The minimum absolute atomic E-state index is 0.0264. The summed E-state index contributed by atoms with van der Waals surface area (Å²) in [6.45, 7) is 4.66. The van der Waals surface area contributed by atoms with Crippen LogP contribution in [-0.4, -0.2) is 30.0 Å². The number of hydrogen-bond acceptors (Lipinski definition) is 4. The molecule has 1 saturated heterocycles. The van der Waals surface area contributed by atoms with Crippen LogP contribution in [0.5, 0.6) is 5.75 Å². The summed E-state index contributed by atoms with van der Waals surface area (Å²) in [7, 11) is 0. The van der Waals surface area contributed by atoms with Crippen molar-refractivity contribution in [1.29, 1.82) is 0 Å². The lowest BCUT2D eigenvalue weighted by molar-refractivity contribution is -0.132. The van der Waals surface area contributed by atoms with Gasteiger partial charge in [-0.3, -0.25) is 4.79 Å². The van der Waals surface area contributed by atoms with Gasteiger partial charge in [-0.05, 0) is 37.5 Å². The molecule has 1 aromatic carbocycles. The number of hydrogen-bond donors (Lipinski definition) is 0. The van der Waals surface area contributed by atoms with Gasteiger partial charge in [-0.15, -0.1) is 0 Å². The average molecular weight is 373 g/mol. The number of rotatable bonds is 5. The van der Waals surface area contributed by atoms with Crippen LogP contribution in [0.4, 0.5) is 4.39 Å². The first-order chi connectivity index (χ1) is 12.9. The molecule has 0 atom stereocenters. The van der Waals surface area contributed by atoms with Crippen molar-refractivity contribution in [3.8, 4) is 5.75 Å². The van der Waals surface area contributed by atoms with Gasteiger partial charge in [0.05, 0.1) is 6.07 Å². The zero-order valence-electron chi connectivity index (χ0n) is 15.7. The van der Waals surface area contributed by atoms with Crippen LogP contribution in [0.15, 0.2) is 39.5 Å². The molecule has 1 aromatic heterocycles. The molecule has 3 rings (SSSR count). The fraction of sp³-hybridized carbons (Fsp3) is 0.429. The topological polar surface area (TPSA) is 59.8 Å². The fourth-order valence-corrected chi connectivity index (χ4v) is 3.26. The summed E-state index contributed by atoms with van der Waals surface area (Å²) >= 11 is 0. The highest BCUT2D eigenvalue weighted by Gasteiger charge is 2.24. The molecule has 1 aliphatic rings. The number of ether oxygens (including phenoxy) is 1. The van der Waals surface area contributed by atoms with Gasteiger partial charge in [-0.1, -0.05) is 12.1 Å². The number of carbonyl (C=O) groups excluding carboxylic acids is 1. The second kappa shape index (κ2) is 8.37. The van der Waals surface area contributed by atoms with Crippen LogP contribution in [0, 0.1) is 19.7 Å². The Bertz CT molecular complexity index is 869. The molecule has 27 heavy (non-hydrogen) atoms. The summed E-state index contributed by atoms with van der Waals surface area (Å²) in [5, 5.41) is 0. The van der Waals surface area contributed by atoms with Crippen LogP contribution in [0.1, 0.15) is 36.1 Å². The quantitative estimate of drug-likeness (QED) is 0.806. The first-order valence-electron chi connectivity index (χ1n) is 9.22. The van der Waals surface area contributed by atoms with Gasteiger partial charge in [0.2, 0.25) is 5.91 Å². The fourth-order valence-electron chi connectivity index (χ4n) is 3.26. The Morgan fingerprint density at radius 3 is 2.63 bits per heavy atom. The Kier molecular flexibility index (Phi) is 5.94. The summed E-state index contributed by atoms with van der Waals surface area (Å²) in [6, 6.07) is 8.14. The van der Waals surface area contributed by atoms with E-state index in [0.717, 1.165) is 5.56 Å². The van der Waals surface area contributed by atoms with E-state index >= 15 is 0 Å². The van der Waals surface area contributed by atoms with Crippen molar-refractivity contribution < 1.29 is 18.3 Å². The molecule has 1 amide bonds. The van der Waals surface area contributed by atoms with E-state index in [2.05, 4.69) is 0 Å². The summed E-state index contributed by atoms with van der Waals surface area (Å²) in [6.07, 6.45) is 2.30. The van der Waals surface area contributed by atoms with Crippen molar-refractivity contribution in [2.75, 3.05) is 13.1 Å². The van der Waals surface area contributed by atoms with Crippen LogP contribution < -0.4 is 10.4 Å². The van der Waals surface area contributed by atoms with E-state index in [4.69, 9.17) is 9.15 Å². The van der Waals surface area contributed by atoms with Crippen molar-refractivity contribution in [3.05, 3.63) is 63.5 Å². The largest absolute Gasteiger partial charge is 0.490 e. The smallest absolute Gasteiger partial charge is 0.339 e. The molecule has 2 aromatic rings. The predicted octanol–water partition coefficient (Wildman–Crippen LogP) is 3.40. The van der Waals surface area contributed by atoms with E-state index < -0.39 is 5.63 Å². The first kappa shape index (κ1) is 19.1. The number of benzene rings is 1. The second-order valence-electron chi connectivity index (χ2n) is 7.00. The molecule has 1 aliphatic heterocycles. The molecule has 2 heterocycles.